The molecule has 1 aromatic carbocycles. The lowest BCUT2D eigenvalue weighted by molar-refractivity contribution is 0.101. The highest BCUT2D eigenvalue weighted by atomic mass is 16.1. The zero-order valence-electron chi connectivity index (χ0n) is 10.9. The van der Waals surface area contributed by atoms with Crippen LogP contribution in [0.1, 0.15) is 28.5 Å². The summed E-state index contributed by atoms with van der Waals surface area (Å²) in [7, 11) is 1.93. The van der Waals surface area contributed by atoms with E-state index < -0.39 is 0 Å². The number of anilines is 1. The number of hydrogen-bond donors (Lipinski definition) is 1. The molecule has 4 heteroatoms. The second-order valence-corrected chi connectivity index (χ2v) is 4.37. The average Bonchev–Trinajstić information content (AvgIpc) is 2.68. The smallest absolute Gasteiger partial charge is 0.159 e. The van der Waals surface area contributed by atoms with Gasteiger partial charge in [-0.2, -0.15) is 5.10 Å². The van der Waals surface area contributed by atoms with Crippen LogP contribution in [-0.2, 0) is 13.6 Å². The van der Waals surface area contributed by atoms with Crippen LogP contribution in [0.3, 0.4) is 0 Å². The van der Waals surface area contributed by atoms with E-state index in [0.29, 0.717) is 0 Å². The summed E-state index contributed by atoms with van der Waals surface area (Å²) in [5, 5.41) is 7.51. The second-order valence-electron chi connectivity index (χ2n) is 4.37. The highest BCUT2D eigenvalue weighted by Gasteiger charge is 2.03. The SMILES string of the molecule is CC(=O)c1ccc(NCc2cnn(C)c2C)cc1. The number of aromatic nitrogens is 2. The van der Waals surface area contributed by atoms with Gasteiger partial charge in [-0.25, -0.2) is 0 Å². The van der Waals surface area contributed by atoms with Gasteiger partial charge in [0.05, 0.1) is 6.20 Å². The number of ketones is 1. The lowest BCUT2D eigenvalue weighted by Gasteiger charge is -2.06. The fraction of sp³-hybridized carbons (Fsp3) is 0.286. The van der Waals surface area contributed by atoms with Crippen molar-refractivity contribution in [2.75, 3.05) is 5.32 Å². The molecule has 4 nitrogen and oxygen atoms in total. The van der Waals surface area contributed by atoms with Gasteiger partial charge in [-0.1, -0.05) is 0 Å². The van der Waals surface area contributed by atoms with Crippen LogP contribution in [0.2, 0.25) is 0 Å². The fourth-order valence-electron chi connectivity index (χ4n) is 1.74. The topological polar surface area (TPSA) is 46.9 Å². The number of carbonyl (C=O) groups excluding carboxylic acids is 1. The molecule has 18 heavy (non-hydrogen) atoms. The van der Waals surface area contributed by atoms with Gasteiger partial charge >= 0.3 is 0 Å². The molecule has 1 heterocycles. The molecule has 0 unspecified atom stereocenters. The Morgan fingerprint density at radius 3 is 2.50 bits per heavy atom. The quantitative estimate of drug-likeness (QED) is 0.839. The van der Waals surface area contributed by atoms with Crippen molar-refractivity contribution >= 4 is 11.5 Å². The van der Waals surface area contributed by atoms with Gasteiger partial charge in [0.15, 0.2) is 5.78 Å². The Labute approximate surface area is 107 Å². The number of Topliss-reactive ketones (excluding diaryl/α,β-unsaturated/α-hetero) is 1. The first kappa shape index (κ1) is 12.4. The van der Waals surface area contributed by atoms with Crippen molar-refractivity contribution in [1.82, 2.24) is 9.78 Å². The minimum absolute atomic E-state index is 0.0876. The van der Waals surface area contributed by atoms with Gasteiger partial charge in [-0.3, -0.25) is 9.48 Å². The van der Waals surface area contributed by atoms with Gasteiger partial charge < -0.3 is 5.32 Å². The third-order valence-corrected chi connectivity index (χ3v) is 3.11. The Morgan fingerprint density at radius 2 is 2.00 bits per heavy atom. The van der Waals surface area contributed by atoms with Crippen LogP contribution in [0.4, 0.5) is 5.69 Å². The average molecular weight is 243 g/mol. The van der Waals surface area contributed by atoms with E-state index in [0.717, 1.165) is 23.5 Å². The molecule has 0 amide bonds. The van der Waals surface area contributed by atoms with Crippen molar-refractivity contribution in [2.45, 2.75) is 20.4 Å². The van der Waals surface area contributed by atoms with Gasteiger partial charge in [0.1, 0.15) is 0 Å². The molecule has 0 spiro atoms. The zero-order valence-corrected chi connectivity index (χ0v) is 10.9. The van der Waals surface area contributed by atoms with Crippen LogP contribution in [0.15, 0.2) is 30.5 Å². The maximum absolute atomic E-state index is 11.2. The minimum atomic E-state index is 0.0876. The van der Waals surface area contributed by atoms with Crippen LogP contribution in [-0.4, -0.2) is 15.6 Å². The van der Waals surface area contributed by atoms with Gasteiger partial charge in [0, 0.05) is 36.1 Å². The summed E-state index contributed by atoms with van der Waals surface area (Å²) in [5.74, 6) is 0.0876. The normalized spacial score (nSPS) is 10.4. The standard InChI is InChI=1S/C14H17N3O/c1-10-13(9-16-17(10)3)8-15-14-6-4-12(5-7-14)11(2)18/h4-7,9,15H,8H2,1-3H3. The highest BCUT2D eigenvalue weighted by molar-refractivity contribution is 5.94. The molecule has 0 saturated carbocycles. The van der Waals surface area contributed by atoms with Crippen molar-refractivity contribution in [3.63, 3.8) is 0 Å². The molecular formula is C14H17N3O. The molecule has 0 bridgehead atoms. The molecule has 0 aliphatic heterocycles. The Hall–Kier alpha value is -2.10. The zero-order chi connectivity index (χ0) is 13.1. The van der Waals surface area contributed by atoms with Crippen LogP contribution in [0, 0.1) is 6.92 Å². The Kier molecular flexibility index (Phi) is 3.46. The molecule has 0 aliphatic carbocycles. The Balaban J connectivity index is 2.02. The van der Waals surface area contributed by atoms with Crippen molar-refractivity contribution in [3.8, 4) is 0 Å². The van der Waals surface area contributed by atoms with E-state index in [4.69, 9.17) is 0 Å². The van der Waals surface area contributed by atoms with Crippen LogP contribution >= 0.6 is 0 Å². The first-order valence-electron chi connectivity index (χ1n) is 5.90. The number of carbonyl (C=O) groups is 1. The summed E-state index contributed by atoms with van der Waals surface area (Å²) >= 11 is 0. The number of rotatable bonds is 4. The third kappa shape index (κ3) is 2.59. The first-order valence-corrected chi connectivity index (χ1v) is 5.90. The Morgan fingerprint density at radius 1 is 1.33 bits per heavy atom. The lowest BCUT2D eigenvalue weighted by atomic mass is 10.1. The van der Waals surface area contributed by atoms with Crippen molar-refractivity contribution in [3.05, 3.63) is 47.3 Å². The fourth-order valence-corrected chi connectivity index (χ4v) is 1.74. The maximum atomic E-state index is 11.2. The molecule has 94 valence electrons. The molecule has 1 aromatic heterocycles. The summed E-state index contributed by atoms with van der Waals surface area (Å²) in [6.45, 7) is 4.35. The van der Waals surface area contributed by atoms with E-state index in [-0.39, 0.29) is 5.78 Å². The first-order chi connectivity index (χ1) is 8.58. The van der Waals surface area contributed by atoms with Gasteiger partial charge in [0.25, 0.3) is 0 Å². The predicted octanol–water partition coefficient (Wildman–Crippen LogP) is 2.54. The van der Waals surface area contributed by atoms with E-state index in [1.807, 2.05) is 49.1 Å². The molecule has 2 rings (SSSR count). The molecule has 0 atom stereocenters. The van der Waals surface area contributed by atoms with E-state index in [1.165, 1.54) is 5.56 Å². The van der Waals surface area contributed by atoms with Crippen LogP contribution in [0.25, 0.3) is 0 Å². The lowest BCUT2D eigenvalue weighted by Crippen LogP contribution is -2.02. The minimum Gasteiger partial charge on any atom is -0.381 e. The molecule has 0 fully saturated rings. The summed E-state index contributed by atoms with van der Waals surface area (Å²) in [6.07, 6.45) is 1.87. The highest BCUT2D eigenvalue weighted by Crippen LogP contribution is 2.13. The molecule has 2 aromatic rings. The third-order valence-electron chi connectivity index (χ3n) is 3.11. The summed E-state index contributed by atoms with van der Waals surface area (Å²) in [6, 6.07) is 7.51. The number of hydrogen-bond acceptors (Lipinski definition) is 3. The molecule has 0 saturated heterocycles. The van der Waals surface area contributed by atoms with Crippen molar-refractivity contribution < 1.29 is 4.79 Å². The number of nitrogens with one attached hydrogen (secondary N) is 1. The second kappa shape index (κ2) is 5.04. The monoisotopic (exact) mass is 243 g/mol. The van der Waals surface area contributed by atoms with Gasteiger partial charge in [-0.15, -0.1) is 0 Å². The summed E-state index contributed by atoms with van der Waals surface area (Å²) in [4.78, 5) is 11.2. The summed E-state index contributed by atoms with van der Waals surface area (Å²) < 4.78 is 1.86. The molecule has 0 aliphatic rings. The number of benzene rings is 1. The Bertz CT molecular complexity index is 555. The molecular weight excluding hydrogens is 226 g/mol. The van der Waals surface area contributed by atoms with E-state index >= 15 is 0 Å². The van der Waals surface area contributed by atoms with Crippen molar-refractivity contribution in [1.29, 1.82) is 0 Å². The van der Waals surface area contributed by atoms with E-state index in [9.17, 15) is 4.79 Å². The largest absolute Gasteiger partial charge is 0.381 e. The number of aryl methyl sites for hydroxylation is 1. The van der Waals surface area contributed by atoms with Crippen LogP contribution in [0.5, 0.6) is 0 Å². The van der Waals surface area contributed by atoms with E-state index in [1.54, 1.807) is 6.92 Å². The molecule has 1 N–H and O–H groups in total. The summed E-state index contributed by atoms with van der Waals surface area (Å²) in [5.41, 5.74) is 4.07. The van der Waals surface area contributed by atoms with Crippen LogP contribution < -0.4 is 5.32 Å². The van der Waals surface area contributed by atoms with Gasteiger partial charge in [-0.05, 0) is 38.1 Å². The van der Waals surface area contributed by atoms with Gasteiger partial charge in [0.2, 0.25) is 0 Å². The predicted molar refractivity (Wildman–Crippen MR) is 71.7 cm³/mol. The number of nitrogens with zero attached hydrogens (tertiary/aromatic N) is 2. The van der Waals surface area contributed by atoms with Crippen molar-refractivity contribution in [2.24, 2.45) is 7.05 Å². The molecule has 0 radical (unpaired) electrons. The maximum Gasteiger partial charge on any atom is 0.159 e. The van der Waals surface area contributed by atoms with E-state index in [2.05, 4.69) is 10.4 Å².